The molecule has 1 aliphatic heterocycles. The van der Waals surface area contributed by atoms with Gasteiger partial charge in [0.2, 0.25) is 0 Å². The molecule has 0 aliphatic carbocycles. The first-order valence-corrected chi connectivity index (χ1v) is 9.93. The molecule has 0 spiro atoms. The van der Waals surface area contributed by atoms with E-state index in [1.807, 2.05) is 4.57 Å². The van der Waals surface area contributed by atoms with E-state index in [9.17, 15) is 9.59 Å². The highest BCUT2D eigenvalue weighted by Gasteiger charge is 2.27. The van der Waals surface area contributed by atoms with Crippen molar-refractivity contribution in [3.05, 3.63) is 46.5 Å². The Morgan fingerprint density at radius 1 is 1.19 bits per heavy atom. The molecule has 6 nitrogen and oxygen atoms in total. The first-order valence-electron chi connectivity index (χ1n) is 9.55. The molecule has 0 saturated carbocycles. The van der Waals surface area contributed by atoms with Gasteiger partial charge in [0, 0.05) is 13.1 Å². The number of para-hydroxylation sites is 1. The predicted octanol–water partition coefficient (Wildman–Crippen LogP) is 4.05. The second-order valence-electron chi connectivity index (χ2n) is 6.74. The summed E-state index contributed by atoms with van der Waals surface area (Å²) in [7, 11) is 0. The van der Waals surface area contributed by atoms with Crippen LogP contribution in [0.15, 0.2) is 24.3 Å². The zero-order valence-electron chi connectivity index (χ0n) is 15.6. The van der Waals surface area contributed by atoms with Gasteiger partial charge in [0.25, 0.3) is 11.8 Å². The van der Waals surface area contributed by atoms with Crippen molar-refractivity contribution in [3.8, 4) is 0 Å². The van der Waals surface area contributed by atoms with E-state index in [0.29, 0.717) is 29.5 Å². The normalized spacial score (nSPS) is 13.1. The van der Waals surface area contributed by atoms with Crippen LogP contribution in [0.3, 0.4) is 0 Å². The number of amides is 2. The van der Waals surface area contributed by atoms with Crippen molar-refractivity contribution in [2.24, 2.45) is 0 Å². The summed E-state index contributed by atoms with van der Waals surface area (Å²) < 4.78 is 1.87. The summed E-state index contributed by atoms with van der Waals surface area (Å²) >= 11 is 6.13. The molecule has 2 heterocycles. The van der Waals surface area contributed by atoms with E-state index in [0.717, 1.165) is 44.2 Å². The molecule has 144 valence electrons. The van der Waals surface area contributed by atoms with E-state index >= 15 is 0 Å². The summed E-state index contributed by atoms with van der Waals surface area (Å²) in [4.78, 5) is 29.8. The summed E-state index contributed by atoms with van der Waals surface area (Å²) in [5, 5.41) is 6.19. The number of anilines is 1. The van der Waals surface area contributed by atoms with E-state index in [-0.39, 0.29) is 17.6 Å². The summed E-state index contributed by atoms with van der Waals surface area (Å²) in [6, 6.07) is 7.06. The monoisotopic (exact) mass is 388 g/mol. The topological polar surface area (TPSA) is 76.0 Å². The van der Waals surface area contributed by atoms with E-state index in [2.05, 4.69) is 22.5 Å². The second kappa shape index (κ2) is 9.04. The number of imidazole rings is 1. The van der Waals surface area contributed by atoms with E-state index < -0.39 is 0 Å². The van der Waals surface area contributed by atoms with Gasteiger partial charge in [-0.2, -0.15) is 0 Å². The van der Waals surface area contributed by atoms with Crippen LogP contribution in [-0.2, 0) is 13.0 Å². The second-order valence-corrected chi connectivity index (χ2v) is 7.14. The van der Waals surface area contributed by atoms with Crippen molar-refractivity contribution in [2.45, 2.75) is 52.0 Å². The van der Waals surface area contributed by atoms with Gasteiger partial charge >= 0.3 is 0 Å². The molecule has 2 N–H and O–H groups in total. The Morgan fingerprint density at radius 3 is 2.78 bits per heavy atom. The average molecular weight is 389 g/mol. The van der Waals surface area contributed by atoms with Crippen molar-refractivity contribution in [1.29, 1.82) is 0 Å². The SMILES string of the molecule is CCCCCNC(=O)c1nc(C(=O)Nc2ccccc2Cl)n2c1CCCC2. The van der Waals surface area contributed by atoms with Crippen LogP contribution in [0.1, 0.15) is 65.8 Å². The smallest absolute Gasteiger partial charge is 0.291 e. The number of aromatic nitrogens is 2. The standard InChI is InChI=1S/C20H25ClN4O2/c1-2-3-7-12-22-19(26)17-16-11-6-8-13-25(16)18(24-17)20(27)23-15-10-5-4-9-14(15)21/h4-5,9-10H,2-3,6-8,11-13H2,1H3,(H,22,26)(H,23,27). The lowest BCUT2D eigenvalue weighted by Gasteiger charge is -2.17. The highest BCUT2D eigenvalue weighted by atomic mass is 35.5. The number of hydrogen-bond donors (Lipinski definition) is 2. The minimum absolute atomic E-state index is 0.200. The average Bonchev–Trinajstić information content (AvgIpc) is 3.07. The summed E-state index contributed by atoms with van der Waals surface area (Å²) in [5.41, 5.74) is 1.75. The Bertz CT molecular complexity index is 831. The molecular formula is C20H25ClN4O2. The lowest BCUT2D eigenvalue weighted by molar-refractivity contribution is 0.0947. The highest BCUT2D eigenvalue weighted by Crippen LogP contribution is 2.24. The Kier molecular flexibility index (Phi) is 6.50. The van der Waals surface area contributed by atoms with Gasteiger partial charge in [0.15, 0.2) is 5.82 Å². The fraction of sp³-hybridized carbons (Fsp3) is 0.450. The van der Waals surface area contributed by atoms with Crippen molar-refractivity contribution >= 4 is 29.1 Å². The molecule has 0 bridgehead atoms. The van der Waals surface area contributed by atoms with Crippen LogP contribution < -0.4 is 10.6 Å². The zero-order chi connectivity index (χ0) is 19.2. The first-order chi connectivity index (χ1) is 13.1. The number of benzene rings is 1. The van der Waals surface area contributed by atoms with Crippen molar-refractivity contribution in [2.75, 3.05) is 11.9 Å². The van der Waals surface area contributed by atoms with Crippen molar-refractivity contribution in [1.82, 2.24) is 14.9 Å². The number of carbonyl (C=O) groups excluding carboxylic acids is 2. The van der Waals surface area contributed by atoms with Crippen LogP contribution in [0.5, 0.6) is 0 Å². The number of rotatable bonds is 7. The van der Waals surface area contributed by atoms with E-state index in [4.69, 9.17) is 11.6 Å². The van der Waals surface area contributed by atoms with Gasteiger partial charge in [-0.3, -0.25) is 9.59 Å². The van der Waals surface area contributed by atoms with Gasteiger partial charge in [-0.15, -0.1) is 0 Å². The lowest BCUT2D eigenvalue weighted by Crippen LogP contribution is -2.26. The zero-order valence-corrected chi connectivity index (χ0v) is 16.3. The van der Waals surface area contributed by atoms with Gasteiger partial charge in [0.1, 0.15) is 5.69 Å². The number of nitrogens with one attached hydrogen (secondary N) is 2. The molecule has 0 fully saturated rings. The number of hydrogen-bond acceptors (Lipinski definition) is 3. The Labute approximate surface area is 164 Å². The molecule has 1 aromatic heterocycles. The number of unbranched alkanes of at least 4 members (excludes halogenated alkanes) is 2. The Balaban J connectivity index is 1.81. The first kappa shape index (κ1) is 19.4. The minimum atomic E-state index is -0.351. The third-order valence-corrected chi connectivity index (χ3v) is 5.05. The minimum Gasteiger partial charge on any atom is -0.351 e. The third-order valence-electron chi connectivity index (χ3n) is 4.72. The third kappa shape index (κ3) is 4.50. The maximum atomic E-state index is 12.8. The molecule has 3 rings (SSSR count). The van der Waals surface area contributed by atoms with Crippen LogP contribution in [0.4, 0.5) is 5.69 Å². The summed E-state index contributed by atoms with van der Waals surface area (Å²) in [6.07, 6.45) is 5.83. The highest BCUT2D eigenvalue weighted by molar-refractivity contribution is 6.33. The van der Waals surface area contributed by atoms with Gasteiger partial charge in [-0.25, -0.2) is 4.98 Å². The quantitative estimate of drug-likeness (QED) is 0.702. The Morgan fingerprint density at radius 2 is 2.00 bits per heavy atom. The molecule has 0 saturated heterocycles. The number of fused-ring (bicyclic) bond motifs is 1. The van der Waals surface area contributed by atoms with Crippen LogP contribution in [0.25, 0.3) is 0 Å². The molecule has 27 heavy (non-hydrogen) atoms. The van der Waals surface area contributed by atoms with E-state index in [1.54, 1.807) is 24.3 Å². The number of halogens is 1. The molecule has 0 atom stereocenters. The van der Waals surface area contributed by atoms with Gasteiger partial charge in [0.05, 0.1) is 16.4 Å². The lowest BCUT2D eigenvalue weighted by atomic mass is 10.1. The molecule has 0 radical (unpaired) electrons. The van der Waals surface area contributed by atoms with Crippen LogP contribution in [-0.4, -0.2) is 27.9 Å². The van der Waals surface area contributed by atoms with Crippen molar-refractivity contribution < 1.29 is 9.59 Å². The summed E-state index contributed by atoms with van der Waals surface area (Å²) in [6.45, 7) is 3.44. The maximum absolute atomic E-state index is 12.8. The fourth-order valence-electron chi connectivity index (χ4n) is 3.30. The molecule has 7 heteroatoms. The van der Waals surface area contributed by atoms with E-state index in [1.165, 1.54) is 0 Å². The fourth-order valence-corrected chi connectivity index (χ4v) is 3.48. The summed E-state index contributed by atoms with van der Waals surface area (Å²) in [5.74, 6) is -0.284. The Hall–Kier alpha value is -2.34. The maximum Gasteiger partial charge on any atom is 0.291 e. The van der Waals surface area contributed by atoms with Gasteiger partial charge in [-0.1, -0.05) is 43.5 Å². The van der Waals surface area contributed by atoms with Gasteiger partial charge < -0.3 is 15.2 Å². The molecule has 2 aromatic rings. The van der Waals surface area contributed by atoms with Gasteiger partial charge in [-0.05, 0) is 37.8 Å². The molecule has 1 aliphatic rings. The molecule has 2 amide bonds. The molecule has 1 aromatic carbocycles. The number of nitrogens with zero attached hydrogens (tertiary/aromatic N) is 2. The predicted molar refractivity (Wildman–Crippen MR) is 106 cm³/mol. The van der Waals surface area contributed by atoms with Crippen LogP contribution >= 0.6 is 11.6 Å². The molecule has 0 unspecified atom stereocenters. The van der Waals surface area contributed by atoms with Crippen LogP contribution in [0.2, 0.25) is 5.02 Å². The molecular weight excluding hydrogens is 364 g/mol. The van der Waals surface area contributed by atoms with Crippen molar-refractivity contribution in [3.63, 3.8) is 0 Å². The number of carbonyl (C=O) groups is 2. The van der Waals surface area contributed by atoms with Crippen LogP contribution in [0, 0.1) is 0 Å². The largest absolute Gasteiger partial charge is 0.351 e.